The van der Waals surface area contributed by atoms with Gasteiger partial charge in [-0.1, -0.05) is 28.1 Å². The number of hydrogen-bond donors (Lipinski definition) is 1. The van der Waals surface area contributed by atoms with Crippen molar-refractivity contribution in [1.82, 2.24) is 20.1 Å². The van der Waals surface area contributed by atoms with Crippen LogP contribution in [-0.2, 0) is 17.8 Å². The second-order valence-electron chi connectivity index (χ2n) is 5.04. The van der Waals surface area contributed by atoms with Crippen molar-refractivity contribution in [2.45, 2.75) is 38.8 Å². The molecule has 0 aliphatic heterocycles. The maximum atomic E-state index is 11.8. The topological polar surface area (TPSA) is 59.8 Å². The number of rotatable bonds is 7. The molecule has 0 aliphatic carbocycles. The fourth-order valence-electron chi connectivity index (χ4n) is 2.02. The second kappa shape index (κ2) is 7.93. The number of aromatic nitrogens is 3. The summed E-state index contributed by atoms with van der Waals surface area (Å²) in [6.45, 7) is 2.59. The number of aryl methyl sites for hydroxylation is 2. The summed E-state index contributed by atoms with van der Waals surface area (Å²) in [6, 6.07) is 8.44. The van der Waals surface area contributed by atoms with E-state index in [1.807, 2.05) is 19.1 Å². The lowest BCUT2D eigenvalue weighted by Gasteiger charge is -2.14. The Morgan fingerprint density at radius 1 is 1.38 bits per heavy atom. The van der Waals surface area contributed by atoms with Crippen molar-refractivity contribution in [3.8, 4) is 0 Å². The number of hydrogen-bond acceptors (Lipinski definition) is 3. The highest BCUT2D eigenvalue weighted by atomic mass is 79.9. The number of halogens is 1. The van der Waals surface area contributed by atoms with Crippen molar-refractivity contribution in [2.75, 3.05) is 0 Å². The molecule has 1 heterocycles. The highest BCUT2D eigenvalue weighted by molar-refractivity contribution is 9.10. The molecule has 0 aliphatic rings. The summed E-state index contributed by atoms with van der Waals surface area (Å²) in [4.78, 5) is 15.7. The van der Waals surface area contributed by atoms with Gasteiger partial charge in [0.05, 0.1) is 6.54 Å². The Bertz CT molecular complexity index is 554. The van der Waals surface area contributed by atoms with Gasteiger partial charge in [0.15, 0.2) is 0 Å². The van der Waals surface area contributed by atoms with Gasteiger partial charge in [-0.25, -0.2) is 4.98 Å². The van der Waals surface area contributed by atoms with E-state index in [2.05, 4.69) is 43.5 Å². The lowest BCUT2D eigenvalue weighted by atomic mass is 10.1. The quantitative estimate of drug-likeness (QED) is 0.834. The lowest BCUT2D eigenvalue weighted by Crippen LogP contribution is -2.33. The molecule has 0 unspecified atom stereocenters. The number of carbonyl (C=O) groups is 1. The minimum atomic E-state index is 0.0498. The number of carbonyl (C=O) groups excluding carboxylic acids is 1. The van der Waals surface area contributed by atoms with E-state index in [-0.39, 0.29) is 11.9 Å². The van der Waals surface area contributed by atoms with E-state index in [9.17, 15) is 4.79 Å². The van der Waals surface area contributed by atoms with Crippen molar-refractivity contribution in [3.05, 3.63) is 47.0 Å². The SMILES string of the molecule is C[C@H](CCc1ccc(Br)cc1)NC(=O)CCn1cncn1. The van der Waals surface area contributed by atoms with Gasteiger partial charge in [-0.05, 0) is 37.5 Å². The molecule has 0 fully saturated rings. The largest absolute Gasteiger partial charge is 0.354 e. The standard InChI is InChI=1S/C15H19BrN4O/c1-12(2-3-13-4-6-14(16)7-5-13)19-15(21)8-9-20-11-17-10-18-20/h4-7,10-12H,2-3,8-9H2,1H3,(H,19,21)/t12-/m1/s1. The Morgan fingerprint density at radius 2 is 2.14 bits per heavy atom. The molecule has 0 radical (unpaired) electrons. The third-order valence-electron chi connectivity index (χ3n) is 3.22. The zero-order valence-electron chi connectivity index (χ0n) is 12.0. The maximum absolute atomic E-state index is 11.8. The molecular formula is C15H19BrN4O. The average Bonchev–Trinajstić information content (AvgIpc) is 2.98. The zero-order valence-corrected chi connectivity index (χ0v) is 13.6. The molecule has 1 amide bonds. The summed E-state index contributed by atoms with van der Waals surface area (Å²) < 4.78 is 2.74. The fraction of sp³-hybridized carbons (Fsp3) is 0.400. The highest BCUT2D eigenvalue weighted by Crippen LogP contribution is 2.12. The van der Waals surface area contributed by atoms with Gasteiger partial charge in [0.25, 0.3) is 0 Å². The number of nitrogens with zero attached hydrogens (tertiary/aromatic N) is 3. The van der Waals surface area contributed by atoms with Crippen LogP contribution in [0.4, 0.5) is 0 Å². The van der Waals surface area contributed by atoms with Gasteiger partial charge in [-0.15, -0.1) is 0 Å². The van der Waals surface area contributed by atoms with Crippen molar-refractivity contribution in [3.63, 3.8) is 0 Å². The van der Waals surface area contributed by atoms with Crippen LogP contribution in [0.3, 0.4) is 0 Å². The Labute approximate surface area is 132 Å². The monoisotopic (exact) mass is 350 g/mol. The minimum absolute atomic E-state index is 0.0498. The van der Waals surface area contributed by atoms with Gasteiger partial charge in [0.1, 0.15) is 12.7 Å². The second-order valence-corrected chi connectivity index (χ2v) is 5.96. The van der Waals surface area contributed by atoms with E-state index in [1.165, 1.54) is 11.9 Å². The normalized spacial score (nSPS) is 12.1. The van der Waals surface area contributed by atoms with Gasteiger partial charge in [0, 0.05) is 16.9 Å². The van der Waals surface area contributed by atoms with Crippen LogP contribution in [-0.4, -0.2) is 26.7 Å². The predicted octanol–water partition coefficient (Wildman–Crippen LogP) is 2.57. The molecular weight excluding hydrogens is 332 g/mol. The van der Waals surface area contributed by atoms with Crippen molar-refractivity contribution >= 4 is 21.8 Å². The first-order valence-electron chi connectivity index (χ1n) is 6.99. The summed E-state index contributed by atoms with van der Waals surface area (Å²) in [5, 5.41) is 6.99. The van der Waals surface area contributed by atoms with Crippen LogP contribution in [0.2, 0.25) is 0 Å². The molecule has 0 saturated carbocycles. The third kappa shape index (κ3) is 5.67. The van der Waals surface area contributed by atoms with Crippen molar-refractivity contribution < 1.29 is 4.79 Å². The van der Waals surface area contributed by atoms with E-state index in [0.29, 0.717) is 13.0 Å². The number of amides is 1. The van der Waals surface area contributed by atoms with Gasteiger partial charge < -0.3 is 5.32 Å². The number of nitrogens with one attached hydrogen (secondary N) is 1. The van der Waals surface area contributed by atoms with Crippen LogP contribution in [0.1, 0.15) is 25.3 Å². The average molecular weight is 351 g/mol. The van der Waals surface area contributed by atoms with Crippen LogP contribution >= 0.6 is 15.9 Å². The molecule has 5 nitrogen and oxygen atoms in total. The summed E-state index contributed by atoms with van der Waals surface area (Å²) in [7, 11) is 0. The first kappa shape index (κ1) is 15.7. The molecule has 1 aromatic heterocycles. The Balaban J connectivity index is 1.67. The van der Waals surface area contributed by atoms with Crippen LogP contribution in [0.15, 0.2) is 41.4 Å². The first-order chi connectivity index (χ1) is 10.1. The lowest BCUT2D eigenvalue weighted by molar-refractivity contribution is -0.122. The highest BCUT2D eigenvalue weighted by Gasteiger charge is 2.08. The van der Waals surface area contributed by atoms with Crippen LogP contribution in [0, 0.1) is 0 Å². The Morgan fingerprint density at radius 3 is 2.81 bits per heavy atom. The van der Waals surface area contributed by atoms with Crippen molar-refractivity contribution in [2.24, 2.45) is 0 Å². The molecule has 1 atom stereocenters. The third-order valence-corrected chi connectivity index (χ3v) is 3.75. The molecule has 6 heteroatoms. The molecule has 1 aromatic carbocycles. The molecule has 0 saturated heterocycles. The Kier molecular flexibility index (Phi) is 5.92. The van der Waals surface area contributed by atoms with Gasteiger partial charge in [-0.2, -0.15) is 5.10 Å². The van der Waals surface area contributed by atoms with Crippen LogP contribution < -0.4 is 5.32 Å². The van der Waals surface area contributed by atoms with E-state index in [4.69, 9.17) is 0 Å². The van der Waals surface area contributed by atoms with Gasteiger partial charge in [-0.3, -0.25) is 9.48 Å². The van der Waals surface area contributed by atoms with E-state index in [0.717, 1.165) is 17.3 Å². The smallest absolute Gasteiger partial charge is 0.222 e. The van der Waals surface area contributed by atoms with Crippen molar-refractivity contribution in [1.29, 1.82) is 0 Å². The number of benzene rings is 1. The van der Waals surface area contributed by atoms with Crippen LogP contribution in [0.5, 0.6) is 0 Å². The molecule has 2 rings (SSSR count). The summed E-state index contributed by atoms with van der Waals surface area (Å²) in [6.07, 6.45) is 5.39. The first-order valence-corrected chi connectivity index (χ1v) is 7.79. The maximum Gasteiger partial charge on any atom is 0.222 e. The molecule has 21 heavy (non-hydrogen) atoms. The molecule has 112 valence electrons. The summed E-state index contributed by atoms with van der Waals surface area (Å²) >= 11 is 3.42. The summed E-state index contributed by atoms with van der Waals surface area (Å²) in [5.41, 5.74) is 1.28. The van der Waals surface area contributed by atoms with Gasteiger partial charge >= 0.3 is 0 Å². The minimum Gasteiger partial charge on any atom is -0.354 e. The van der Waals surface area contributed by atoms with E-state index < -0.39 is 0 Å². The Hall–Kier alpha value is -1.69. The molecule has 1 N–H and O–H groups in total. The van der Waals surface area contributed by atoms with E-state index in [1.54, 1.807) is 11.0 Å². The predicted molar refractivity (Wildman–Crippen MR) is 84.7 cm³/mol. The van der Waals surface area contributed by atoms with Crippen LogP contribution in [0.25, 0.3) is 0 Å². The summed E-state index contributed by atoms with van der Waals surface area (Å²) in [5.74, 6) is 0.0498. The van der Waals surface area contributed by atoms with Gasteiger partial charge in [0.2, 0.25) is 5.91 Å². The molecule has 0 bridgehead atoms. The molecule has 2 aromatic rings. The fourth-order valence-corrected chi connectivity index (χ4v) is 2.28. The zero-order chi connectivity index (χ0) is 15.1. The van der Waals surface area contributed by atoms with E-state index >= 15 is 0 Å². The molecule has 0 spiro atoms.